The fraction of sp³-hybridized carbons (Fsp3) is 0.125. The summed E-state index contributed by atoms with van der Waals surface area (Å²) in [4.78, 5) is 35.2. The number of carbonyl (C=O) groups is 2. The largest absolute Gasteiger partial charge is 0.465 e. The van der Waals surface area contributed by atoms with E-state index in [2.05, 4.69) is 10.1 Å². The number of hydrogen-bond donors (Lipinski definition) is 1. The van der Waals surface area contributed by atoms with Crippen molar-refractivity contribution in [3.8, 4) is 0 Å². The van der Waals surface area contributed by atoms with E-state index in [-0.39, 0.29) is 16.8 Å². The predicted molar refractivity (Wildman–Crippen MR) is 90.6 cm³/mol. The lowest BCUT2D eigenvalue weighted by molar-refractivity contribution is -0.385. The minimum absolute atomic E-state index is 0.0460. The summed E-state index contributed by atoms with van der Waals surface area (Å²) in [5.74, 6) is -1.17. The van der Waals surface area contributed by atoms with Crippen LogP contribution in [0, 0.1) is 10.1 Å². The van der Waals surface area contributed by atoms with Crippen LogP contribution in [0.2, 0.25) is 0 Å². The molecule has 0 heterocycles. The van der Waals surface area contributed by atoms with Gasteiger partial charge in [0.15, 0.2) is 0 Å². The number of nitrogens with zero attached hydrogens (tertiary/aromatic N) is 1. The molecule has 1 N–H and O–H groups in total. The third-order valence-corrected chi connectivity index (χ3v) is 3.91. The van der Waals surface area contributed by atoms with Gasteiger partial charge < -0.3 is 10.1 Å². The van der Waals surface area contributed by atoms with E-state index < -0.39 is 16.8 Å². The maximum Gasteiger partial charge on any atom is 0.337 e. The molecule has 2 aromatic carbocycles. The van der Waals surface area contributed by atoms with Gasteiger partial charge in [-0.2, -0.15) is 0 Å². The van der Waals surface area contributed by atoms with Crippen LogP contribution >= 0.6 is 11.8 Å². The van der Waals surface area contributed by atoms with Crippen LogP contribution in [-0.2, 0) is 4.74 Å². The molecule has 7 nitrogen and oxygen atoms in total. The Kier molecular flexibility index (Phi) is 5.54. The van der Waals surface area contributed by atoms with Crippen LogP contribution in [-0.4, -0.2) is 30.2 Å². The van der Waals surface area contributed by atoms with Gasteiger partial charge >= 0.3 is 5.97 Å². The second kappa shape index (κ2) is 7.60. The molecule has 0 bridgehead atoms. The van der Waals surface area contributed by atoms with Crippen molar-refractivity contribution in [2.24, 2.45) is 0 Å². The van der Waals surface area contributed by atoms with Gasteiger partial charge in [-0.15, -0.1) is 11.8 Å². The summed E-state index contributed by atoms with van der Waals surface area (Å²) in [7, 11) is 1.25. The third-order valence-electron chi connectivity index (χ3n) is 3.19. The standard InChI is InChI=1S/C16H14N2O5S/c1-23-16(20)10-4-3-5-11(8-10)17-15(19)13-9-12(24-2)6-7-14(13)18(21)22/h3-9H,1-2H3,(H,17,19). The van der Waals surface area contributed by atoms with Crippen LogP contribution in [0.4, 0.5) is 11.4 Å². The highest BCUT2D eigenvalue weighted by Crippen LogP contribution is 2.25. The number of nitrogens with one attached hydrogen (secondary N) is 1. The zero-order valence-corrected chi connectivity index (χ0v) is 13.8. The number of nitro benzene ring substituents is 1. The number of rotatable bonds is 5. The maximum absolute atomic E-state index is 12.4. The van der Waals surface area contributed by atoms with E-state index in [1.807, 2.05) is 6.26 Å². The van der Waals surface area contributed by atoms with Crippen LogP contribution in [0.3, 0.4) is 0 Å². The number of ether oxygens (including phenoxy) is 1. The molecule has 0 aromatic heterocycles. The van der Waals surface area contributed by atoms with Gasteiger partial charge in [-0.25, -0.2) is 4.79 Å². The lowest BCUT2D eigenvalue weighted by Crippen LogP contribution is -2.14. The quantitative estimate of drug-likeness (QED) is 0.386. The van der Waals surface area contributed by atoms with Gasteiger partial charge in [0, 0.05) is 16.6 Å². The Morgan fingerprint density at radius 2 is 1.96 bits per heavy atom. The van der Waals surface area contributed by atoms with Crippen molar-refractivity contribution in [1.82, 2.24) is 0 Å². The molecular formula is C16H14N2O5S. The van der Waals surface area contributed by atoms with Crippen molar-refractivity contribution in [2.75, 3.05) is 18.7 Å². The number of thioether (sulfide) groups is 1. The molecular weight excluding hydrogens is 332 g/mol. The van der Waals surface area contributed by atoms with E-state index in [9.17, 15) is 19.7 Å². The highest BCUT2D eigenvalue weighted by Gasteiger charge is 2.21. The summed E-state index contributed by atoms with van der Waals surface area (Å²) < 4.78 is 4.62. The summed E-state index contributed by atoms with van der Waals surface area (Å²) in [5, 5.41) is 13.7. The summed E-state index contributed by atoms with van der Waals surface area (Å²) >= 11 is 1.37. The van der Waals surface area contributed by atoms with Crippen LogP contribution in [0.5, 0.6) is 0 Å². The zero-order valence-electron chi connectivity index (χ0n) is 12.9. The van der Waals surface area contributed by atoms with Gasteiger partial charge in [-0.1, -0.05) is 6.07 Å². The van der Waals surface area contributed by atoms with Gasteiger partial charge in [0.2, 0.25) is 0 Å². The Morgan fingerprint density at radius 1 is 1.21 bits per heavy atom. The molecule has 1 amide bonds. The van der Waals surface area contributed by atoms with E-state index in [1.165, 1.54) is 43.1 Å². The van der Waals surface area contributed by atoms with Crippen molar-refractivity contribution in [3.63, 3.8) is 0 Å². The zero-order chi connectivity index (χ0) is 17.7. The Balaban J connectivity index is 2.33. The number of benzene rings is 2. The first-order valence-electron chi connectivity index (χ1n) is 6.78. The molecule has 124 valence electrons. The Bertz CT molecular complexity index is 807. The van der Waals surface area contributed by atoms with Crippen molar-refractivity contribution in [2.45, 2.75) is 4.90 Å². The second-order valence-corrected chi connectivity index (χ2v) is 5.55. The molecule has 0 unspecified atom stereocenters. The van der Waals surface area contributed by atoms with Crippen molar-refractivity contribution in [3.05, 3.63) is 63.7 Å². The topological polar surface area (TPSA) is 98.5 Å². The minimum atomic E-state index is -0.625. The van der Waals surface area contributed by atoms with Crippen molar-refractivity contribution >= 4 is 35.0 Å². The predicted octanol–water partition coefficient (Wildman–Crippen LogP) is 3.36. The number of hydrogen-bond acceptors (Lipinski definition) is 6. The lowest BCUT2D eigenvalue weighted by Gasteiger charge is -2.08. The average molecular weight is 346 g/mol. The van der Waals surface area contributed by atoms with Crippen molar-refractivity contribution < 1.29 is 19.2 Å². The van der Waals surface area contributed by atoms with Gasteiger partial charge in [-0.3, -0.25) is 14.9 Å². The maximum atomic E-state index is 12.4. The molecule has 8 heteroatoms. The van der Waals surface area contributed by atoms with E-state index in [4.69, 9.17) is 0 Å². The molecule has 2 aromatic rings. The number of carbonyl (C=O) groups excluding carboxylic acids is 2. The molecule has 0 aliphatic carbocycles. The van der Waals surface area contributed by atoms with Crippen LogP contribution in [0.15, 0.2) is 47.4 Å². The smallest absolute Gasteiger partial charge is 0.337 e. The molecule has 0 aliphatic heterocycles. The summed E-state index contributed by atoms with van der Waals surface area (Å²) in [6.07, 6.45) is 1.81. The third kappa shape index (κ3) is 3.90. The van der Waals surface area contributed by atoms with Crippen LogP contribution in [0.25, 0.3) is 0 Å². The van der Waals surface area contributed by atoms with Gasteiger partial charge in [0.25, 0.3) is 11.6 Å². The fourth-order valence-electron chi connectivity index (χ4n) is 2.02. The molecule has 24 heavy (non-hydrogen) atoms. The average Bonchev–Trinajstić information content (AvgIpc) is 2.60. The Hall–Kier alpha value is -2.87. The molecule has 0 aliphatic rings. The second-order valence-electron chi connectivity index (χ2n) is 4.67. The molecule has 0 atom stereocenters. The first kappa shape index (κ1) is 17.5. The first-order chi connectivity index (χ1) is 11.5. The molecule has 0 saturated carbocycles. The van der Waals surface area contributed by atoms with E-state index in [0.717, 1.165) is 4.90 Å². The molecule has 0 radical (unpaired) electrons. The van der Waals surface area contributed by atoms with Gasteiger partial charge in [0.1, 0.15) is 5.56 Å². The molecule has 0 spiro atoms. The number of esters is 1. The number of methoxy groups -OCH3 is 1. The number of amides is 1. The Labute approximate surface area is 142 Å². The lowest BCUT2D eigenvalue weighted by atomic mass is 10.1. The Morgan fingerprint density at radius 3 is 2.58 bits per heavy atom. The molecule has 2 rings (SSSR count). The number of nitro groups is 1. The monoisotopic (exact) mass is 346 g/mol. The summed E-state index contributed by atoms with van der Waals surface area (Å²) in [6.45, 7) is 0. The first-order valence-corrected chi connectivity index (χ1v) is 8.01. The highest BCUT2D eigenvalue weighted by molar-refractivity contribution is 7.98. The molecule has 0 saturated heterocycles. The van der Waals surface area contributed by atoms with Crippen LogP contribution in [0.1, 0.15) is 20.7 Å². The van der Waals surface area contributed by atoms with E-state index >= 15 is 0 Å². The number of anilines is 1. The summed E-state index contributed by atoms with van der Waals surface area (Å²) in [5.41, 5.74) is 0.277. The van der Waals surface area contributed by atoms with Gasteiger partial charge in [-0.05, 0) is 36.6 Å². The van der Waals surface area contributed by atoms with Crippen molar-refractivity contribution in [1.29, 1.82) is 0 Å². The van der Waals surface area contributed by atoms with Crippen LogP contribution < -0.4 is 5.32 Å². The SMILES string of the molecule is COC(=O)c1cccc(NC(=O)c2cc(SC)ccc2[N+](=O)[O-])c1. The summed E-state index contributed by atoms with van der Waals surface area (Å²) in [6, 6.07) is 10.5. The van der Waals surface area contributed by atoms with E-state index in [0.29, 0.717) is 5.69 Å². The molecule has 0 fully saturated rings. The normalized spacial score (nSPS) is 10.1. The van der Waals surface area contributed by atoms with E-state index in [1.54, 1.807) is 18.2 Å². The minimum Gasteiger partial charge on any atom is -0.465 e. The highest BCUT2D eigenvalue weighted by atomic mass is 32.2. The van der Waals surface area contributed by atoms with Gasteiger partial charge in [0.05, 0.1) is 17.6 Å². The fourth-order valence-corrected chi connectivity index (χ4v) is 2.46.